The maximum absolute atomic E-state index is 13.9. The van der Waals surface area contributed by atoms with Gasteiger partial charge in [0.25, 0.3) is 5.56 Å². The maximum Gasteiger partial charge on any atom is 0.253 e. The molecule has 2 aromatic carbocycles. The molecule has 0 aliphatic heterocycles. The molecule has 39 heavy (non-hydrogen) atoms. The van der Waals surface area contributed by atoms with Crippen LogP contribution in [0.1, 0.15) is 77.1 Å². The van der Waals surface area contributed by atoms with E-state index < -0.39 is 6.04 Å². The molecule has 1 aliphatic carbocycles. The normalized spacial score (nSPS) is 15.3. The highest BCUT2D eigenvalue weighted by molar-refractivity contribution is 7.09. The average molecular weight is 539 g/mol. The van der Waals surface area contributed by atoms with Crippen molar-refractivity contribution in [2.24, 2.45) is 0 Å². The predicted octanol–water partition coefficient (Wildman–Crippen LogP) is 6.49. The molecule has 0 bridgehead atoms. The van der Waals surface area contributed by atoms with E-state index in [4.69, 9.17) is 0 Å². The number of benzene rings is 2. The number of aromatic amines is 1. The lowest BCUT2D eigenvalue weighted by molar-refractivity contribution is 0.188. The maximum atomic E-state index is 13.9. The molecule has 5 aromatic rings. The monoisotopic (exact) mass is 538 g/mol. The molecular formula is C31H34N6OS. The zero-order valence-electron chi connectivity index (χ0n) is 22.5. The molecule has 0 unspecified atom stereocenters. The van der Waals surface area contributed by atoms with Crippen LogP contribution in [0.25, 0.3) is 10.9 Å². The van der Waals surface area contributed by atoms with Crippen LogP contribution in [-0.2, 0) is 13.1 Å². The summed E-state index contributed by atoms with van der Waals surface area (Å²) in [5.41, 5.74) is 4.96. The Balaban J connectivity index is 1.53. The van der Waals surface area contributed by atoms with Crippen LogP contribution in [-0.4, -0.2) is 30.1 Å². The van der Waals surface area contributed by atoms with E-state index in [1.807, 2.05) is 10.7 Å². The van der Waals surface area contributed by atoms with E-state index >= 15 is 0 Å². The SMILES string of the molecule is Cc1cc2cc([C@H](c3nnnn3C3CCCCC3)N(Cc3ccccc3)Cc3cccs3)c(=O)[nH]c2cc1C. The molecule has 3 heterocycles. The van der Waals surface area contributed by atoms with Gasteiger partial charge in [-0.15, -0.1) is 16.4 Å². The molecule has 1 N–H and O–H groups in total. The van der Waals surface area contributed by atoms with Gasteiger partial charge in [0.2, 0.25) is 0 Å². The molecule has 1 fully saturated rings. The second-order valence-corrected chi connectivity index (χ2v) is 11.8. The fraction of sp³-hybridized carbons (Fsp3) is 0.355. The smallest absolute Gasteiger partial charge is 0.253 e. The van der Waals surface area contributed by atoms with Crippen LogP contribution < -0.4 is 5.56 Å². The zero-order valence-corrected chi connectivity index (χ0v) is 23.3. The predicted molar refractivity (Wildman–Crippen MR) is 156 cm³/mol. The number of hydrogen-bond acceptors (Lipinski definition) is 6. The number of thiophene rings is 1. The van der Waals surface area contributed by atoms with Gasteiger partial charge in [0, 0.05) is 29.0 Å². The minimum Gasteiger partial charge on any atom is -0.322 e. The summed E-state index contributed by atoms with van der Waals surface area (Å²) in [6.45, 7) is 5.52. The number of pyridine rings is 1. The molecule has 1 aliphatic rings. The summed E-state index contributed by atoms with van der Waals surface area (Å²) in [6.07, 6.45) is 5.71. The number of fused-ring (bicyclic) bond motifs is 1. The Morgan fingerprint density at radius 1 is 1.00 bits per heavy atom. The van der Waals surface area contributed by atoms with E-state index in [9.17, 15) is 4.79 Å². The number of aryl methyl sites for hydroxylation is 2. The van der Waals surface area contributed by atoms with Crippen molar-refractivity contribution in [3.8, 4) is 0 Å². The highest BCUT2D eigenvalue weighted by Gasteiger charge is 2.33. The van der Waals surface area contributed by atoms with Gasteiger partial charge in [-0.2, -0.15) is 0 Å². The molecule has 0 spiro atoms. The van der Waals surface area contributed by atoms with E-state index in [0.717, 1.165) is 35.1 Å². The standard InChI is InChI=1S/C31H34N6OS/c1-21-16-24-18-27(31(38)32-28(24)17-22(21)2)29(30-33-34-35-37(30)25-12-7-4-8-13-25)36(20-26-14-9-15-39-26)19-23-10-5-3-6-11-23/h3,5-6,9-11,14-18,25,29H,4,7-8,12-13,19-20H2,1-2H3,(H,32,38)/t29-/m1/s1. The molecule has 6 rings (SSSR count). The van der Waals surface area contributed by atoms with Crippen molar-refractivity contribution in [1.29, 1.82) is 0 Å². The minimum absolute atomic E-state index is 0.0989. The number of H-pyrrole nitrogens is 1. The van der Waals surface area contributed by atoms with Crippen molar-refractivity contribution in [3.05, 3.63) is 109 Å². The Labute approximate surface area is 232 Å². The van der Waals surface area contributed by atoms with Crippen LogP contribution in [0.2, 0.25) is 0 Å². The number of tetrazole rings is 1. The van der Waals surface area contributed by atoms with Crippen LogP contribution in [0.15, 0.2) is 70.8 Å². The van der Waals surface area contributed by atoms with Crippen molar-refractivity contribution in [1.82, 2.24) is 30.1 Å². The fourth-order valence-corrected chi connectivity index (χ4v) is 6.55. The Kier molecular flexibility index (Phi) is 7.39. The van der Waals surface area contributed by atoms with E-state index in [-0.39, 0.29) is 11.6 Å². The molecule has 3 aromatic heterocycles. The first kappa shape index (κ1) is 25.6. The topological polar surface area (TPSA) is 79.7 Å². The molecule has 0 amide bonds. The molecule has 200 valence electrons. The third-order valence-corrected chi connectivity index (χ3v) is 8.86. The molecule has 0 radical (unpaired) electrons. The van der Waals surface area contributed by atoms with Crippen molar-refractivity contribution >= 4 is 22.2 Å². The number of hydrogen-bond donors (Lipinski definition) is 1. The third kappa shape index (κ3) is 5.44. The van der Waals surface area contributed by atoms with E-state index in [0.29, 0.717) is 18.7 Å². The molecule has 1 saturated carbocycles. The number of rotatable bonds is 8. The second kappa shape index (κ2) is 11.2. The van der Waals surface area contributed by atoms with Gasteiger partial charge in [-0.25, -0.2) is 4.68 Å². The van der Waals surface area contributed by atoms with E-state index in [1.54, 1.807) is 11.3 Å². The molecule has 1 atom stereocenters. The number of aromatic nitrogens is 5. The molecule has 0 saturated heterocycles. The minimum atomic E-state index is -0.418. The molecule has 7 nitrogen and oxygen atoms in total. The van der Waals surface area contributed by atoms with Crippen LogP contribution in [0.4, 0.5) is 0 Å². The fourth-order valence-electron chi connectivity index (χ4n) is 5.82. The van der Waals surface area contributed by atoms with Gasteiger partial charge < -0.3 is 4.98 Å². The van der Waals surface area contributed by atoms with Gasteiger partial charge in [-0.3, -0.25) is 9.69 Å². The van der Waals surface area contributed by atoms with Gasteiger partial charge >= 0.3 is 0 Å². The summed E-state index contributed by atoms with van der Waals surface area (Å²) in [5, 5.41) is 16.4. The first-order chi connectivity index (χ1) is 19.1. The number of nitrogens with one attached hydrogen (secondary N) is 1. The first-order valence-electron chi connectivity index (χ1n) is 13.8. The lowest BCUT2D eigenvalue weighted by Gasteiger charge is -2.32. The first-order valence-corrected chi connectivity index (χ1v) is 14.7. The second-order valence-electron chi connectivity index (χ2n) is 10.7. The summed E-state index contributed by atoms with van der Waals surface area (Å²) < 4.78 is 2.01. The zero-order chi connectivity index (χ0) is 26.8. The van der Waals surface area contributed by atoms with Gasteiger partial charge in [-0.1, -0.05) is 55.7 Å². The van der Waals surface area contributed by atoms with Gasteiger partial charge in [-0.05, 0) is 88.8 Å². The van der Waals surface area contributed by atoms with Crippen molar-refractivity contribution < 1.29 is 0 Å². The molecule has 8 heteroatoms. The van der Waals surface area contributed by atoms with Crippen LogP contribution in [0.5, 0.6) is 0 Å². The quantitative estimate of drug-likeness (QED) is 0.244. The Morgan fingerprint density at radius 2 is 1.79 bits per heavy atom. The summed E-state index contributed by atoms with van der Waals surface area (Å²) >= 11 is 1.73. The lowest BCUT2D eigenvalue weighted by Crippen LogP contribution is -2.35. The highest BCUT2D eigenvalue weighted by atomic mass is 32.1. The lowest BCUT2D eigenvalue weighted by atomic mass is 9.95. The van der Waals surface area contributed by atoms with Gasteiger partial charge in [0.05, 0.1) is 6.04 Å². The number of nitrogens with zero attached hydrogens (tertiary/aromatic N) is 5. The molecular weight excluding hydrogens is 504 g/mol. The average Bonchev–Trinajstić information content (AvgIpc) is 3.64. The largest absolute Gasteiger partial charge is 0.322 e. The summed E-state index contributed by atoms with van der Waals surface area (Å²) in [5.74, 6) is 0.739. The van der Waals surface area contributed by atoms with Crippen LogP contribution >= 0.6 is 11.3 Å². The van der Waals surface area contributed by atoms with E-state index in [2.05, 4.69) is 99.2 Å². The Hall–Kier alpha value is -3.62. The van der Waals surface area contributed by atoms with Gasteiger partial charge in [0.1, 0.15) is 6.04 Å². The van der Waals surface area contributed by atoms with Crippen LogP contribution in [0.3, 0.4) is 0 Å². The Morgan fingerprint density at radius 3 is 2.56 bits per heavy atom. The van der Waals surface area contributed by atoms with Crippen molar-refractivity contribution in [2.45, 2.75) is 71.1 Å². The summed E-state index contributed by atoms with van der Waals surface area (Å²) in [6, 6.07) is 20.8. The highest BCUT2D eigenvalue weighted by Crippen LogP contribution is 2.35. The van der Waals surface area contributed by atoms with E-state index in [1.165, 1.54) is 35.3 Å². The Bertz CT molecular complexity index is 1600. The van der Waals surface area contributed by atoms with Crippen LogP contribution in [0, 0.1) is 13.8 Å². The van der Waals surface area contributed by atoms with Crippen molar-refractivity contribution in [2.75, 3.05) is 0 Å². The summed E-state index contributed by atoms with van der Waals surface area (Å²) in [4.78, 5) is 20.6. The summed E-state index contributed by atoms with van der Waals surface area (Å²) in [7, 11) is 0. The van der Waals surface area contributed by atoms with Gasteiger partial charge in [0.15, 0.2) is 5.82 Å². The van der Waals surface area contributed by atoms with Crippen molar-refractivity contribution in [3.63, 3.8) is 0 Å². The third-order valence-electron chi connectivity index (χ3n) is 8.00.